The average molecular weight is 365 g/mol. The van der Waals surface area contributed by atoms with Crippen LogP contribution in [-0.4, -0.2) is 50.8 Å². The molecule has 2 amide bonds. The van der Waals surface area contributed by atoms with Crippen molar-refractivity contribution in [1.29, 1.82) is 0 Å². The summed E-state index contributed by atoms with van der Waals surface area (Å²) in [5.74, 6) is 1.52. The molecule has 1 rings (SSSR count). The Morgan fingerprint density at radius 1 is 1.20 bits per heavy atom. The first-order valence-electron chi connectivity index (χ1n) is 7.56. The van der Waals surface area contributed by atoms with Gasteiger partial charge in [0.25, 0.3) is 5.91 Å². The van der Waals surface area contributed by atoms with Gasteiger partial charge in [-0.2, -0.15) is 4.72 Å². The number of carbonyl (C=O) groups excluding carboxylic acids is 2. The van der Waals surface area contributed by atoms with Crippen LogP contribution in [0.4, 0.5) is 0 Å². The number of likely N-dealkylation sites (N-methyl/N-ethyl adjacent to an activating group) is 1. The fourth-order valence-corrected chi connectivity index (χ4v) is 2.90. The molecule has 0 aliphatic rings. The number of amides is 2. The predicted octanol–water partition coefficient (Wildman–Crippen LogP) is 0.585. The molecule has 0 saturated carbocycles. The van der Waals surface area contributed by atoms with Crippen molar-refractivity contribution >= 4 is 21.8 Å². The molecule has 8 heteroatoms. The van der Waals surface area contributed by atoms with E-state index < -0.39 is 10.0 Å². The zero-order valence-corrected chi connectivity index (χ0v) is 15.6. The van der Waals surface area contributed by atoms with E-state index in [0.29, 0.717) is 0 Å². The standard InChI is InChI=1S/C17H23N3O4S/c1-6-11-18-25(23,24)14-9-7-13(8-10-14)16(22)20(5)12-15(21)19-17(2,3)4/h1,7-10,18H,11-12H2,2-5H3,(H,19,21). The lowest BCUT2D eigenvalue weighted by atomic mass is 10.1. The van der Waals surface area contributed by atoms with E-state index in [4.69, 9.17) is 6.42 Å². The smallest absolute Gasteiger partial charge is 0.254 e. The third kappa shape index (κ3) is 6.57. The summed E-state index contributed by atoms with van der Waals surface area (Å²) < 4.78 is 26.1. The van der Waals surface area contributed by atoms with Crippen LogP contribution in [0.15, 0.2) is 29.2 Å². The summed E-state index contributed by atoms with van der Waals surface area (Å²) >= 11 is 0. The van der Waals surface area contributed by atoms with Crippen LogP contribution in [0.1, 0.15) is 31.1 Å². The number of rotatable bonds is 6. The van der Waals surface area contributed by atoms with Gasteiger partial charge in [-0.3, -0.25) is 9.59 Å². The number of carbonyl (C=O) groups is 2. The first kappa shape index (κ1) is 20.7. The van der Waals surface area contributed by atoms with Crippen LogP contribution in [0.3, 0.4) is 0 Å². The van der Waals surface area contributed by atoms with Crippen LogP contribution in [0.25, 0.3) is 0 Å². The first-order valence-corrected chi connectivity index (χ1v) is 9.04. The Morgan fingerprint density at radius 2 is 1.76 bits per heavy atom. The first-order chi connectivity index (χ1) is 11.5. The number of terminal acetylenes is 1. The second kappa shape index (κ2) is 8.14. The van der Waals surface area contributed by atoms with Gasteiger partial charge >= 0.3 is 0 Å². The molecule has 0 aromatic heterocycles. The minimum absolute atomic E-state index is 0.00688. The van der Waals surface area contributed by atoms with Crippen LogP contribution in [0, 0.1) is 12.3 Å². The molecule has 0 aliphatic carbocycles. The molecule has 25 heavy (non-hydrogen) atoms. The van der Waals surface area contributed by atoms with Gasteiger partial charge in [0.15, 0.2) is 0 Å². The van der Waals surface area contributed by atoms with E-state index in [-0.39, 0.29) is 40.9 Å². The minimum atomic E-state index is -3.71. The lowest BCUT2D eigenvalue weighted by molar-refractivity contribution is -0.122. The third-order valence-corrected chi connectivity index (χ3v) is 4.43. The second-order valence-electron chi connectivity index (χ2n) is 6.51. The Balaban J connectivity index is 2.80. The molecule has 0 radical (unpaired) electrons. The van der Waals surface area contributed by atoms with Gasteiger partial charge in [0.1, 0.15) is 0 Å². The van der Waals surface area contributed by atoms with Crippen LogP contribution < -0.4 is 10.0 Å². The normalized spacial score (nSPS) is 11.5. The third-order valence-electron chi connectivity index (χ3n) is 3.02. The van der Waals surface area contributed by atoms with Gasteiger partial charge in [-0.15, -0.1) is 6.42 Å². The van der Waals surface area contributed by atoms with Crippen molar-refractivity contribution in [2.45, 2.75) is 31.2 Å². The molecule has 2 N–H and O–H groups in total. The number of nitrogens with zero attached hydrogens (tertiary/aromatic N) is 1. The molecule has 0 spiro atoms. The SMILES string of the molecule is C#CCNS(=O)(=O)c1ccc(C(=O)N(C)CC(=O)NC(C)(C)C)cc1. The van der Waals surface area contributed by atoms with Crippen LogP contribution in [-0.2, 0) is 14.8 Å². The van der Waals surface area contributed by atoms with Gasteiger partial charge in [-0.1, -0.05) is 5.92 Å². The lowest BCUT2D eigenvalue weighted by Gasteiger charge is -2.23. The summed E-state index contributed by atoms with van der Waals surface area (Å²) in [7, 11) is -2.20. The van der Waals surface area contributed by atoms with Crippen molar-refractivity contribution in [3.8, 4) is 12.3 Å². The van der Waals surface area contributed by atoms with E-state index in [1.807, 2.05) is 20.8 Å². The van der Waals surface area contributed by atoms with Crippen molar-refractivity contribution in [1.82, 2.24) is 14.9 Å². The van der Waals surface area contributed by atoms with Crippen molar-refractivity contribution < 1.29 is 18.0 Å². The maximum absolute atomic E-state index is 12.3. The molecule has 0 aliphatic heterocycles. The Morgan fingerprint density at radius 3 is 2.24 bits per heavy atom. The maximum Gasteiger partial charge on any atom is 0.254 e. The molecule has 0 heterocycles. The summed E-state index contributed by atoms with van der Waals surface area (Å²) in [5, 5.41) is 2.77. The molecule has 0 fully saturated rings. The average Bonchev–Trinajstić information content (AvgIpc) is 2.50. The van der Waals surface area contributed by atoms with Crippen LogP contribution >= 0.6 is 0 Å². The Labute approximate surface area is 148 Å². The van der Waals surface area contributed by atoms with E-state index in [0.717, 1.165) is 0 Å². The number of benzene rings is 1. The minimum Gasteiger partial charge on any atom is -0.350 e. The van der Waals surface area contributed by atoms with E-state index in [9.17, 15) is 18.0 Å². The van der Waals surface area contributed by atoms with Gasteiger partial charge in [-0.25, -0.2) is 8.42 Å². The van der Waals surface area contributed by atoms with Gasteiger partial charge in [0.05, 0.1) is 18.0 Å². The lowest BCUT2D eigenvalue weighted by Crippen LogP contribution is -2.46. The molecule has 1 aromatic rings. The largest absolute Gasteiger partial charge is 0.350 e. The van der Waals surface area contributed by atoms with Crippen molar-refractivity contribution in [3.05, 3.63) is 29.8 Å². The highest BCUT2D eigenvalue weighted by Crippen LogP contribution is 2.12. The highest BCUT2D eigenvalue weighted by atomic mass is 32.2. The molecule has 0 bridgehead atoms. The summed E-state index contributed by atoms with van der Waals surface area (Å²) in [6, 6.07) is 5.42. The Bertz CT molecular complexity index is 772. The summed E-state index contributed by atoms with van der Waals surface area (Å²) in [6.45, 7) is 5.33. The summed E-state index contributed by atoms with van der Waals surface area (Å²) in [5.41, 5.74) is -0.107. The monoisotopic (exact) mass is 365 g/mol. The van der Waals surface area contributed by atoms with E-state index in [2.05, 4.69) is 16.0 Å². The topological polar surface area (TPSA) is 95.6 Å². The Kier molecular flexibility index (Phi) is 6.73. The highest BCUT2D eigenvalue weighted by molar-refractivity contribution is 7.89. The maximum atomic E-state index is 12.3. The van der Waals surface area contributed by atoms with Crippen molar-refractivity contribution in [2.75, 3.05) is 20.1 Å². The number of nitrogens with one attached hydrogen (secondary N) is 2. The molecule has 0 atom stereocenters. The fourth-order valence-electron chi connectivity index (χ4n) is 1.96. The quantitative estimate of drug-likeness (QED) is 0.721. The van der Waals surface area contributed by atoms with Crippen molar-refractivity contribution in [2.24, 2.45) is 0 Å². The molecule has 1 aromatic carbocycles. The molecule has 0 saturated heterocycles. The molecule has 7 nitrogen and oxygen atoms in total. The second-order valence-corrected chi connectivity index (χ2v) is 8.28. The zero-order chi connectivity index (χ0) is 19.3. The van der Waals surface area contributed by atoms with Crippen LogP contribution in [0.2, 0.25) is 0 Å². The van der Waals surface area contributed by atoms with E-state index in [1.165, 1.54) is 36.2 Å². The van der Waals surface area contributed by atoms with E-state index >= 15 is 0 Å². The predicted molar refractivity (Wildman–Crippen MR) is 95.3 cm³/mol. The van der Waals surface area contributed by atoms with Crippen molar-refractivity contribution in [3.63, 3.8) is 0 Å². The molecule has 136 valence electrons. The molecule has 0 unspecified atom stereocenters. The summed E-state index contributed by atoms with van der Waals surface area (Å²) in [4.78, 5) is 25.5. The number of sulfonamides is 1. The van der Waals surface area contributed by atoms with Gasteiger partial charge in [-0.05, 0) is 45.0 Å². The molecular formula is C17H23N3O4S. The van der Waals surface area contributed by atoms with Gasteiger partial charge in [0.2, 0.25) is 15.9 Å². The highest BCUT2D eigenvalue weighted by Gasteiger charge is 2.19. The summed E-state index contributed by atoms with van der Waals surface area (Å²) in [6.07, 6.45) is 5.03. The van der Waals surface area contributed by atoms with E-state index in [1.54, 1.807) is 0 Å². The van der Waals surface area contributed by atoms with Gasteiger partial charge in [0, 0.05) is 18.2 Å². The molecular weight excluding hydrogens is 342 g/mol. The fraction of sp³-hybridized carbons (Fsp3) is 0.412. The number of hydrogen-bond acceptors (Lipinski definition) is 4. The van der Waals surface area contributed by atoms with Crippen LogP contribution in [0.5, 0.6) is 0 Å². The van der Waals surface area contributed by atoms with Gasteiger partial charge < -0.3 is 10.2 Å². The zero-order valence-electron chi connectivity index (χ0n) is 14.8. The number of hydrogen-bond donors (Lipinski definition) is 2. The Hall–Kier alpha value is -2.37.